The lowest BCUT2D eigenvalue weighted by molar-refractivity contribution is -0.207. The predicted molar refractivity (Wildman–Crippen MR) is 77.4 cm³/mol. The fourth-order valence-electron chi connectivity index (χ4n) is 2.42. The molecule has 1 aliphatic carbocycles. The Hall–Kier alpha value is -1.05. The molecule has 1 aromatic rings. The van der Waals surface area contributed by atoms with Gasteiger partial charge in [-0.3, -0.25) is 0 Å². The Morgan fingerprint density at radius 2 is 1.89 bits per heavy atom. The highest BCUT2D eigenvalue weighted by Crippen LogP contribution is 2.31. The molecule has 0 bridgehead atoms. The van der Waals surface area contributed by atoms with Crippen LogP contribution in [0.5, 0.6) is 11.5 Å². The lowest BCUT2D eigenvalue weighted by Gasteiger charge is -2.22. The first-order valence-electron chi connectivity index (χ1n) is 6.72. The molecule has 0 unspecified atom stereocenters. The van der Waals surface area contributed by atoms with Gasteiger partial charge in [-0.2, -0.15) is 0 Å². The first-order chi connectivity index (χ1) is 9.24. The Labute approximate surface area is 116 Å². The first-order valence-corrected chi connectivity index (χ1v) is 7.68. The van der Waals surface area contributed by atoms with Crippen LogP contribution in [0.2, 0.25) is 0 Å². The van der Waals surface area contributed by atoms with Crippen molar-refractivity contribution >= 4 is 13.7 Å². The molecule has 4 heteroatoms. The van der Waals surface area contributed by atoms with Crippen LogP contribution in [-0.4, -0.2) is 25.4 Å². The SMILES string of the molecule is COc1ccc(C([O-])=PC2CCCCC2)c(OC)c1. The van der Waals surface area contributed by atoms with Crippen LogP contribution >= 0.6 is 8.20 Å². The maximum atomic E-state index is 12.4. The van der Waals surface area contributed by atoms with Crippen molar-refractivity contribution in [2.24, 2.45) is 0 Å². The second kappa shape index (κ2) is 6.93. The molecule has 0 aromatic heterocycles. The van der Waals surface area contributed by atoms with Crippen molar-refractivity contribution < 1.29 is 14.6 Å². The van der Waals surface area contributed by atoms with Crippen molar-refractivity contribution in [1.82, 2.24) is 0 Å². The lowest BCUT2D eigenvalue weighted by atomic mass is 10.0. The zero-order valence-corrected chi connectivity index (χ0v) is 12.4. The normalized spacial score (nSPS) is 17.3. The topological polar surface area (TPSA) is 41.5 Å². The van der Waals surface area contributed by atoms with Gasteiger partial charge in [-0.25, -0.2) is 0 Å². The minimum Gasteiger partial charge on any atom is -0.823 e. The molecule has 0 amide bonds. The highest BCUT2D eigenvalue weighted by Gasteiger charge is 2.12. The average Bonchev–Trinajstić information content (AvgIpc) is 2.47. The third-order valence-electron chi connectivity index (χ3n) is 3.51. The summed E-state index contributed by atoms with van der Waals surface area (Å²) in [6.07, 6.45) is 6.17. The Bertz CT molecular complexity index is 451. The second-order valence-corrected chi connectivity index (χ2v) is 6.19. The van der Waals surface area contributed by atoms with Gasteiger partial charge in [0.15, 0.2) is 0 Å². The Morgan fingerprint density at radius 3 is 2.53 bits per heavy atom. The van der Waals surface area contributed by atoms with Gasteiger partial charge < -0.3 is 14.6 Å². The Balaban J connectivity index is 2.21. The van der Waals surface area contributed by atoms with Crippen molar-refractivity contribution in [2.45, 2.75) is 37.8 Å². The van der Waals surface area contributed by atoms with Gasteiger partial charge in [0.1, 0.15) is 11.5 Å². The summed E-state index contributed by atoms with van der Waals surface area (Å²) in [6.45, 7) is 0. The molecular formula is C15H20O3P-. The van der Waals surface area contributed by atoms with E-state index in [4.69, 9.17) is 9.47 Å². The molecule has 0 heterocycles. The van der Waals surface area contributed by atoms with E-state index in [0.29, 0.717) is 22.7 Å². The highest BCUT2D eigenvalue weighted by molar-refractivity contribution is 7.41. The predicted octanol–water partition coefficient (Wildman–Crippen LogP) is 2.82. The summed E-state index contributed by atoms with van der Waals surface area (Å²) in [5.41, 5.74) is 1.34. The van der Waals surface area contributed by atoms with Crippen LogP contribution in [0.15, 0.2) is 18.2 Å². The molecule has 1 aromatic carbocycles. The van der Waals surface area contributed by atoms with Crippen LogP contribution in [0.4, 0.5) is 0 Å². The molecule has 2 rings (SSSR count). The van der Waals surface area contributed by atoms with E-state index in [9.17, 15) is 5.11 Å². The van der Waals surface area contributed by atoms with Crippen molar-refractivity contribution in [1.29, 1.82) is 0 Å². The summed E-state index contributed by atoms with van der Waals surface area (Å²) in [5.74, 6) is 1.32. The van der Waals surface area contributed by atoms with Crippen LogP contribution in [0, 0.1) is 0 Å². The number of benzene rings is 1. The minimum atomic E-state index is 0.159. The summed E-state index contributed by atoms with van der Waals surface area (Å²) < 4.78 is 10.4. The molecule has 0 spiro atoms. The zero-order chi connectivity index (χ0) is 13.7. The van der Waals surface area contributed by atoms with E-state index in [1.165, 1.54) is 32.1 Å². The third-order valence-corrected chi connectivity index (χ3v) is 4.87. The van der Waals surface area contributed by atoms with E-state index in [1.54, 1.807) is 26.4 Å². The van der Waals surface area contributed by atoms with E-state index < -0.39 is 0 Å². The van der Waals surface area contributed by atoms with E-state index in [-0.39, 0.29) is 5.48 Å². The molecular weight excluding hydrogens is 259 g/mol. The molecule has 0 radical (unpaired) electrons. The van der Waals surface area contributed by atoms with Crippen molar-refractivity contribution in [3.8, 4) is 11.5 Å². The second-order valence-electron chi connectivity index (χ2n) is 4.79. The molecule has 0 N–H and O–H groups in total. The third kappa shape index (κ3) is 3.71. The van der Waals surface area contributed by atoms with Gasteiger partial charge in [-0.1, -0.05) is 19.3 Å². The molecule has 0 aliphatic heterocycles. The largest absolute Gasteiger partial charge is 0.823 e. The highest BCUT2D eigenvalue weighted by atomic mass is 31.1. The van der Waals surface area contributed by atoms with Crippen LogP contribution < -0.4 is 14.6 Å². The molecule has 0 atom stereocenters. The molecule has 3 nitrogen and oxygen atoms in total. The minimum absolute atomic E-state index is 0.159. The summed E-state index contributed by atoms with van der Waals surface area (Å²) in [7, 11) is 4.11. The molecule has 104 valence electrons. The smallest absolute Gasteiger partial charge is 0.129 e. The zero-order valence-electron chi connectivity index (χ0n) is 11.5. The van der Waals surface area contributed by atoms with Crippen LogP contribution in [0.3, 0.4) is 0 Å². The summed E-state index contributed by atoms with van der Waals surface area (Å²) in [6, 6.07) is 5.38. The quantitative estimate of drug-likeness (QED) is 0.796. The Kier molecular flexibility index (Phi) is 5.24. The number of hydrogen-bond acceptors (Lipinski definition) is 3. The van der Waals surface area contributed by atoms with E-state index >= 15 is 0 Å². The Morgan fingerprint density at radius 1 is 1.16 bits per heavy atom. The molecule has 19 heavy (non-hydrogen) atoms. The van der Waals surface area contributed by atoms with Gasteiger partial charge in [0.2, 0.25) is 0 Å². The fourth-order valence-corrected chi connectivity index (χ4v) is 3.70. The first kappa shape index (κ1) is 14.4. The van der Waals surface area contributed by atoms with Gasteiger partial charge in [0, 0.05) is 11.6 Å². The number of methoxy groups -OCH3 is 2. The molecule has 0 saturated heterocycles. The van der Waals surface area contributed by atoms with Gasteiger partial charge in [-0.15, -0.1) is 13.7 Å². The molecule has 1 saturated carbocycles. The summed E-state index contributed by atoms with van der Waals surface area (Å²) in [5, 5.41) is 12.4. The van der Waals surface area contributed by atoms with E-state index in [1.807, 2.05) is 6.07 Å². The molecule has 1 fully saturated rings. The van der Waals surface area contributed by atoms with E-state index in [2.05, 4.69) is 0 Å². The maximum absolute atomic E-state index is 12.4. The fraction of sp³-hybridized carbons (Fsp3) is 0.533. The lowest BCUT2D eigenvalue weighted by Crippen LogP contribution is -2.19. The standard InChI is InChI=1S/C15H21O3P/c1-17-11-8-9-13(14(10-11)18-2)15(16)19-12-6-4-3-5-7-12/h8-10,12,16H,3-7H2,1-2H3/p-1. The average molecular weight is 279 g/mol. The van der Waals surface area contributed by atoms with Crippen LogP contribution in [0.25, 0.3) is 0 Å². The van der Waals surface area contributed by atoms with Crippen molar-refractivity contribution in [3.05, 3.63) is 23.8 Å². The van der Waals surface area contributed by atoms with Gasteiger partial charge in [-0.05, 0) is 30.6 Å². The number of rotatable bonds is 4. The van der Waals surface area contributed by atoms with Crippen molar-refractivity contribution in [3.63, 3.8) is 0 Å². The van der Waals surface area contributed by atoms with Crippen LogP contribution in [0.1, 0.15) is 37.7 Å². The van der Waals surface area contributed by atoms with Crippen molar-refractivity contribution in [2.75, 3.05) is 14.2 Å². The number of hydrogen-bond donors (Lipinski definition) is 0. The van der Waals surface area contributed by atoms with Gasteiger partial charge >= 0.3 is 0 Å². The number of ether oxygens (including phenoxy) is 2. The summed E-state index contributed by atoms with van der Waals surface area (Å²) >= 11 is 0. The van der Waals surface area contributed by atoms with Gasteiger partial charge in [0.25, 0.3) is 0 Å². The van der Waals surface area contributed by atoms with E-state index in [0.717, 1.165) is 8.20 Å². The van der Waals surface area contributed by atoms with Gasteiger partial charge in [0.05, 0.1) is 14.2 Å². The monoisotopic (exact) mass is 279 g/mol. The maximum Gasteiger partial charge on any atom is 0.129 e. The summed E-state index contributed by atoms with van der Waals surface area (Å²) in [4.78, 5) is 0. The van der Waals surface area contributed by atoms with Crippen LogP contribution in [-0.2, 0) is 0 Å². The molecule has 1 aliphatic rings.